The molecule has 1 aromatic heterocycles. The Balaban J connectivity index is 2.23. The molecule has 19 heavy (non-hydrogen) atoms. The normalized spacial score (nSPS) is 19.1. The molecule has 1 aromatic rings. The Morgan fingerprint density at radius 3 is 3.00 bits per heavy atom. The van der Waals surface area contributed by atoms with Crippen LogP contribution in [0, 0.1) is 5.82 Å². The van der Waals surface area contributed by atoms with E-state index in [-0.39, 0.29) is 11.8 Å². The summed E-state index contributed by atoms with van der Waals surface area (Å²) in [5, 5.41) is 2.81. The zero-order valence-electron chi connectivity index (χ0n) is 11.4. The lowest BCUT2D eigenvalue weighted by Gasteiger charge is -2.41. The van der Waals surface area contributed by atoms with Gasteiger partial charge in [-0.05, 0) is 19.9 Å². The molecule has 0 radical (unpaired) electrons. The predicted octanol–water partition coefficient (Wildman–Crippen LogP) is 0.940. The number of methoxy groups -OCH3 is 1. The zero-order chi connectivity index (χ0) is 14.0. The minimum Gasteiger partial charge on any atom is -0.479 e. The minimum atomic E-state index is -0.652. The molecule has 0 bridgehead atoms. The van der Waals surface area contributed by atoms with Gasteiger partial charge < -0.3 is 10.1 Å². The molecule has 0 atom stereocenters. The molecule has 104 valence electrons. The maximum absolute atomic E-state index is 14.1. The molecule has 6 heteroatoms. The summed E-state index contributed by atoms with van der Waals surface area (Å²) in [6, 6.07) is 1.61. The van der Waals surface area contributed by atoms with Crippen molar-refractivity contribution in [3.8, 4) is 5.88 Å². The minimum absolute atomic E-state index is 0.0169. The summed E-state index contributed by atoms with van der Waals surface area (Å²) in [5.74, 6) is -0.524. The molecular weight excluding hydrogens is 249 g/mol. The summed E-state index contributed by atoms with van der Waals surface area (Å²) in [6.07, 6.45) is 1.51. The first kappa shape index (κ1) is 13.7. The number of ether oxygens (including phenoxy) is 1. The van der Waals surface area contributed by atoms with E-state index >= 15 is 0 Å². The molecule has 2 heterocycles. The van der Waals surface area contributed by atoms with Crippen LogP contribution in [0.5, 0.6) is 5.88 Å². The van der Waals surface area contributed by atoms with Gasteiger partial charge in [0.1, 0.15) is 0 Å². The number of nitrogens with one attached hydrogen (secondary N) is 1. The molecule has 1 aliphatic rings. The number of hydrogen-bond donors (Lipinski definition) is 1. The average Bonchev–Trinajstić information content (AvgIpc) is 2.37. The fourth-order valence-corrected chi connectivity index (χ4v) is 2.15. The van der Waals surface area contributed by atoms with E-state index in [0.717, 1.165) is 0 Å². The number of rotatable bonds is 3. The van der Waals surface area contributed by atoms with Crippen LogP contribution in [-0.4, -0.2) is 41.5 Å². The maximum Gasteiger partial charge on any atom is 0.250 e. The molecule has 1 saturated heterocycles. The Morgan fingerprint density at radius 1 is 1.58 bits per heavy atom. The average molecular weight is 267 g/mol. The molecule has 0 aliphatic carbocycles. The summed E-state index contributed by atoms with van der Waals surface area (Å²) in [5.41, 5.74) is -0.170. The van der Waals surface area contributed by atoms with Crippen LogP contribution in [-0.2, 0) is 11.3 Å². The number of hydrogen-bond acceptors (Lipinski definition) is 4. The highest BCUT2D eigenvalue weighted by Gasteiger charge is 2.37. The van der Waals surface area contributed by atoms with Crippen molar-refractivity contribution in [2.24, 2.45) is 0 Å². The van der Waals surface area contributed by atoms with Crippen molar-refractivity contribution in [1.82, 2.24) is 15.2 Å². The third-order valence-electron chi connectivity index (χ3n) is 3.51. The van der Waals surface area contributed by atoms with E-state index in [4.69, 9.17) is 4.74 Å². The van der Waals surface area contributed by atoms with Crippen molar-refractivity contribution >= 4 is 5.91 Å². The van der Waals surface area contributed by atoms with Crippen LogP contribution in [0.15, 0.2) is 12.3 Å². The Kier molecular flexibility index (Phi) is 3.71. The number of pyridine rings is 1. The van der Waals surface area contributed by atoms with Crippen molar-refractivity contribution < 1.29 is 13.9 Å². The van der Waals surface area contributed by atoms with Crippen LogP contribution >= 0.6 is 0 Å². The van der Waals surface area contributed by atoms with E-state index < -0.39 is 11.4 Å². The summed E-state index contributed by atoms with van der Waals surface area (Å²) in [6.45, 7) is 5.27. The Morgan fingerprint density at radius 2 is 2.32 bits per heavy atom. The van der Waals surface area contributed by atoms with E-state index in [9.17, 15) is 9.18 Å². The van der Waals surface area contributed by atoms with Crippen LogP contribution in [0.4, 0.5) is 4.39 Å². The van der Waals surface area contributed by atoms with Gasteiger partial charge in [-0.3, -0.25) is 9.69 Å². The number of carbonyl (C=O) groups is 1. The molecule has 1 aliphatic heterocycles. The predicted molar refractivity (Wildman–Crippen MR) is 68.2 cm³/mol. The third-order valence-corrected chi connectivity index (χ3v) is 3.51. The first-order valence-corrected chi connectivity index (χ1v) is 6.17. The molecule has 0 saturated carbocycles. The van der Waals surface area contributed by atoms with Gasteiger partial charge >= 0.3 is 0 Å². The van der Waals surface area contributed by atoms with Crippen molar-refractivity contribution in [2.45, 2.75) is 25.9 Å². The summed E-state index contributed by atoms with van der Waals surface area (Å²) >= 11 is 0. The van der Waals surface area contributed by atoms with Crippen LogP contribution in [0.25, 0.3) is 0 Å². The largest absolute Gasteiger partial charge is 0.479 e. The summed E-state index contributed by atoms with van der Waals surface area (Å²) in [7, 11) is 1.38. The highest BCUT2D eigenvalue weighted by Crippen LogP contribution is 2.24. The van der Waals surface area contributed by atoms with Gasteiger partial charge in [0.25, 0.3) is 0 Å². The smallest absolute Gasteiger partial charge is 0.250 e. The Labute approximate surface area is 111 Å². The standard InChI is InChI=1S/C13H18FN3O2/c1-13(2)12(18)16-6-7-17(13)8-9-4-5-15-11(19-3)10(9)14/h4-5H,6-8H2,1-3H3,(H,16,18). The quantitative estimate of drug-likeness (QED) is 0.885. The molecule has 0 unspecified atom stereocenters. The number of aromatic nitrogens is 1. The first-order chi connectivity index (χ1) is 8.96. The molecule has 2 rings (SSSR count). The van der Waals surface area contributed by atoms with E-state index in [0.29, 0.717) is 25.2 Å². The maximum atomic E-state index is 14.1. The number of carbonyl (C=O) groups excluding carboxylic acids is 1. The summed E-state index contributed by atoms with van der Waals surface area (Å²) in [4.78, 5) is 17.6. The molecular formula is C13H18FN3O2. The third kappa shape index (κ3) is 2.53. The first-order valence-electron chi connectivity index (χ1n) is 6.17. The summed E-state index contributed by atoms with van der Waals surface area (Å²) < 4.78 is 18.9. The van der Waals surface area contributed by atoms with Gasteiger partial charge in [0.2, 0.25) is 11.8 Å². The molecule has 1 fully saturated rings. The second-order valence-electron chi connectivity index (χ2n) is 5.03. The van der Waals surface area contributed by atoms with E-state index in [1.165, 1.54) is 13.3 Å². The second kappa shape index (κ2) is 5.13. The molecule has 0 aromatic carbocycles. The van der Waals surface area contributed by atoms with E-state index in [1.54, 1.807) is 6.07 Å². The van der Waals surface area contributed by atoms with Gasteiger partial charge in [-0.2, -0.15) is 0 Å². The van der Waals surface area contributed by atoms with E-state index in [1.807, 2.05) is 18.7 Å². The molecule has 5 nitrogen and oxygen atoms in total. The number of halogens is 1. The molecule has 0 spiro atoms. The van der Waals surface area contributed by atoms with Gasteiger partial charge in [-0.25, -0.2) is 9.37 Å². The van der Waals surface area contributed by atoms with Crippen molar-refractivity contribution in [3.63, 3.8) is 0 Å². The topological polar surface area (TPSA) is 54.5 Å². The molecule has 1 N–H and O–H groups in total. The second-order valence-corrected chi connectivity index (χ2v) is 5.03. The van der Waals surface area contributed by atoms with Gasteiger partial charge in [-0.1, -0.05) is 0 Å². The SMILES string of the molecule is COc1nccc(CN2CCNC(=O)C2(C)C)c1F. The van der Waals surface area contributed by atoms with Gasteiger partial charge in [0.15, 0.2) is 5.82 Å². The van der Waals surface area contributed by atoms with Crippen LogP contribution in [0.2, 0.25) is 0 Å². The highest BCUT2D eigenvalue weighted by atomic mass is 19.1. The number of nitrogens with zero attached hydrogens (tertiary/aromatic N) is 2. The van der Waals surface area contributed by atoms with Crippen LogP contribution < -0.4 is 10.1 Å². The number of piperazine rings is 1. The van der Waals surface area contributed by atoms with Crippen molar-refractivity contribution in [1.29, 1.82) is 0 Å². The van der Waals surface area contributed by atoms with E-state index in [2.05, 4.69) is 10.3 Å². The fraction of sp³-hybridized carbons (Fsp3) is 0.538. The lowest BCUT2D eigenvalue weighted by Crippen LogP contribution is -2.61. The van der Waals surface area contributed by atoms with Crippen LogP contribution in [0.3, 0.4) is 0 Å². The van der Waals surface area contributed by atoms with Gasteiger partial charge in [0.05, 0.1) is 12.6 Å². The van der Waals surface area contributed by atoms with Gasteiger partial charge in [0, 0.05) is 31.4 Å². The van der Waals surface area contributed by atoms with Crippen molar-refractivity contribution in [2.75, 3.05) is 20.2 Å². The van der Waals surface area contributed by atoms with Gasteiger partial charge in [-0.15, -0.1) is 0 Å². The lowest BCUT2D eigenvalue weighted by atomic mass is 9.98. The lowest BCUT2D eigenvalue weighted by molar-refractivity contribution is -0.135. The number of amides is 1. The Bertz CT molecular complexity index is 491. The highest BCUT2D eigenvalue weighted by molar-refractivity contribution is 5.86. The zero-order valence-corrected chi connectivity index (χ0v) is 11.4. The monoisotopic (exact) mass is 267 g/mol. The fourth-order valence-electron chi connectivity index (χ4n) is 2.15. The molecule has 1 amide bonds. The van der Waals surface area contributed by atoms with Crippen molar-refractivity contribution in [3.05, 3.63) is 23.6 Å². The van der Waals surface area contributed by atoms with Crippen LogP contribution in [0.1, 0.15) is 19.4 Å². The Hall–Kier alpha value is -1.69.